The standard InChI is InChI=1S/C51H98NO8P/c1-3-5-7-9-11-13-15-17-19-21-23-24-26-28-30-32-34-36-38-40-42-44-51(55)58-47-49(53)48-60-61(56,57)59-46-45-52-50(54)43-41-39-37-35-33-31-29-27-25-22-20-18-16-14-12-10-8-6-4-2/h11,13,17,19,49,53H,3-10,12,14-16,18,20-48H2,1-2H3,(H,52,54)(H,56,57)/b13-11-,19-17-. The molecule has 9 nitrogen and oxygen atoms in total. The second kappa shape index (κ2) is 48.0. The van der Waals surface area contributed by atoms with Gasteiger partial charge >= 0.3 is 13.8 Å². The number of nitrogens with one attached hydrogen (secondary N) is 1. The molecule has 0 heterocycles. The minimum absolute atomic E-state index is 0.0859. The first-order chi connectivity index (χ1) is 29.8. The third-order valence-electron chi connectivity index (χ3n) is 11.4. The van der Waals surface area contributed by atoms with Gasteiger partial charge in [-0.15, -0.1) is 0 Å². The summed E-state index contributed by atoms with van der Waals surface area (Å²) in [4.78, 5) is 34.1. The average molecular weight is 884 g/mol. The highest BCUT2D eigenvalue weighted by atomic mass is 31.2. The van der Waals surface area contributed by atoms with Gasteiger partial charge in [-0.3, -0.25) is 18.6 Å². The van der Waals surface area contributed by atoms with E-state index in [1.807, 2.05) is 0 Å². The molecule has 1 amide bonds. The molecule has 61 heavy (non-hydrogen) atoms. The van der Waals surface area contributed by atoms with Crippen molar-refractivity contribution in [3.05, 3.63) is 24.3 Å². The van der Waals surface area contributed by atoms with Crippen LogP contribution in [0.4, 0.5) is 0 Å². The molecule has 0 aromatic rings. The van der Waals surface area contributed by atoms with Crippen LogP contribution in [0.5, 0.6) is 0 Å². The van der Waals surface area contributed by atoms with Crippen molar-refractivity contribution in [3.63, 3.8) is 0 Å². The van der Waals surface area contributed by atoms with Crippen LogP contribution in [0, 0.1) is 0 Å². The van der Waals surface area contributed by atoms with E-state index in [4.69, 9.17) is 13.8 Å². The molecule has 0 bridgehead atoms. The van der Waals surface area contributed by atoms with Gasteiger partial charge in [-0.25, -0.2) is 4.57 Å². The van der Waals surface area contributed by atoms with Crippen molar-refractivity contribution >= 4 is 19.7 Å². The van der Waals surface area contributed by atoms with E-state index in [0.717, 1.165) is 44.9 Å². The number of phosphoric ester groups is 1. The van der Waals surface area contributed by atoms with Gasteiger partial charge in [0, 0.05) is 19.4 Å². The normalized spacial score (nSPS) is 13.3. The first-order valence-corrected chi connectivity index (χ1v) is 27.3. The van der Waals surface area contributed by atoms with Gasteiger partial charge in [-0.05, 0) is 44.9 Å². The molecule has 0 saturated carbocycles. The number of esters is 1. The fourth-order valence-corrected chi connectivity index (χ4v) is 8.23. The van der Waals surface area contributed by atoms with E-state index in [2.05, 4.69) is 43.5 Å². The Balaban J connectivity index is 3.53. The van der Waals surface area contributed by atoms with E-state index in [9.17, 15) is 24.2 Å². The number of aliphatic hydroxyl groups is 1. The van der Waals surface area contributed by atoms with E-state index >= 15 is 0 Å². The van der Waals surface area contributed by atoms with Gasteiger partial charge in [0.25, 0.3) is 0 Å². The summed E-state index contributed by atoms with van der Waals surface area (Å²) >= 11 is 0. The van der Waals surface area contributed by atoms with Gasteiger partial charge in [0.05, 0.1) is 13.2 Å². The largest absolute Gasteiger partial charge is 0.472 e. The van der Waals surface area contributed by atoms with Crippen molar-refractivity contribution in [3.8, 4) is 0 Å². The lowest BCUT2D eigenvalue weighted by Crippen LogP contribution is -2.27. The van der Waals surface area contributed by atoms with Crippen molar-refractivity contribution < 1.29 is 37.9 Å². The highest BCUT2D eigenvalue weighted by molar-refractivity contribution is 7.47. The van der Waals surface area contributed by atoms with E-state index in [1.54, 1.807) is 0 Å². The number of hydrogen-bond donors (Lipinski definition) is 3. The number of allylic oxidation sites excluding steroid dienone is 4. The van der Waals surface area contributed by atoms with E-state index < -0.39 is 26.5 Å². The summed E-state index contributed by atoms with van der Waals surface area (Å²) in [6, 6.07) is 0. The van der Waals surface area contributed by atoms with E-state index in [-0.39, 0.29) is 32.1 Å². The second-order valence-electron chi connectivity index (χ2n) is 17.5. The summed E-state index contributed by atoms with van der Waals surface area (Å²) in [6.45, 7) is 3.58. The summed E-state index contributed by atoms with van der Waals surface area (Å²) in [6.07, 6.45) is 54.0. The zero-order chi connectivity index (χ0) is 44.6. The van der Waals surface area contributed by atoms with Crippen LogP contribution < -0.4 is 5.32 Å². The van der Waals surface area contributed by atoms with Crippen LogP contribution in [0.2, 0.25) is 0 Å². The zero-order valence-electron chi connectivity index (χ0n) is 39.9. The zero-order valence-corrected chi connectivity index (χ0v) is 40.8. The maximum Gasteiger partial charge on any atom is 0.472 e. The van der Waals surface area contributed by atoms with Crippen molar-refractivity contribution in [1.82, 2.24) is 5.32 Å². The lowest BCUT2D eigenvalue weighted by molar-refractivity contribution is -0.147. The Kier molecular flexibility index (Phi) is 46.8. The predicted molar refractivity (Wildman–Crippen MR) is 257 cm³/mol. The molecule has 0 aromatic carbocycles. The molecule has 0 spiro atoms. The number of amides is 1. The van der Waals surface area contributed by atoms with Gasteiger partial charge in [0.1, 0.15) is 12.7 Å². The molecule has 0 aliphatic rings. The molecule has 2 unspecified atom stereocenters. The fourth-order valence-electron chi connectivity index (χ4n) is 7.47. The quantitative estimate of drug-likeness (QED) is 0.0238. The number of rotatable bonds is 49. The number of ether oxygens (including phenoxy) is 1. The van der Waals surface area contributed by atoms with Crippen LogP contribution in [0.25, 0.3) is 0 Å². The summed E-state index contributed by atoms with van der Waals surface area (Å²) < 4.78 is 27.0. The molecule has 0 aliphatic heterocycles. The first kappa shape index (κ1) is 59.5. The number of carbonyl (C=O) groups is 2. The third-order valence-corrected chi connectivity index (χ3v) is 12.4. The molecule has 2 atom stereocenters. The fraction of sp³-hybridized carbons (Fsp3) is 0.882. The molecular formula is C51H98NO8P. The lowest BCUT2D eigenvalue weighted by Gasteiger charge is -2.15. The summed E-state index contributed by atoms with van der Waals surface area (Å²) in [7, 11) is -4.42. The molecule has 3 N–H and O–H groups in total. The SMILES string of the molecule is CCCCC/C=C\C/C=C\CCCCCCCCCCCCCC(=O)OCC(O)COP(=O)(O)OCCNC(=O)CCCCCCCCCCCCCCCCCCCCC. The van der Waals surface area contributed by atoms with Gasteiger partial charge in [0.15, 0.2) is 0 Å². The average Bonchev–Trinajstić information content (AvgIpc) is 3.25. The van der Waals surface area contributed by atoms with Crippen LogP contribution in [0.3, 0.4) is 0 Å². The number of phosphoric acid groups is 1. The molecule has 0 radical (unpaired) electrons. The number of carbonyl (C=O) groups excluding carboxylic acids is 2. The van der Waals surface area contributed by atoms with Crippen LogP contribution in [0.15, 0.2) is 24.3 Å². The maximum absolute atomic E-state index is 12.1. The van der Waals surface area contributed by atoms with Gasteiger partial charge in [0.2, 0.25) is 5.91 Å². The van der Waals surface area contributed by atoms with Crippen LogP contribution in [-0.2, 0) is 27.9 Å². The second-order valence-corrected chi connectivity index (χ2v) is 19.0. The molecule has 0 aromatic heterocycles. The minimum Gasteiger partial charge on any atom is -0.463 e. The molecule has 0 rings (SSSR count). The Labute approximate surface area is 376 Å². The topological polar surface area (TPSA) is 131 Å². The maximum atomic E-state index is 12.1. The first-order valence-electron chi connectivity index (χ1n) is 25.8. The third kappa shape index (κ3) is 49.4. The Hall–Kier alpha value is -1.51. The van der Waals surface area contributed by atoms with Crippen molar-refractivity contribution in [2.45, 2.75) is 264 Å². The smallest absolute Gasteiger partial charge is 0.463 e. The van der Waals surface area contributed by atoms with Gasteiger partial charge < -0.3 is 20.1 Å². The lowest BCUT2D eigenvalue weighted by atomic mass is 10.0. The molecular weight excluding hydrogens is 786 g/mol. The van der Waals surface area contributed by atoms with Crippen LogP contribution >= 0.6 is 7.82 Å². The summed E-state index contributed by atoms with van der Waals surface area (Å²) in [5, 5.41) is 12.8. The highest BCUT2D eigenvalue weighted by Crippen LogP contribution is 2.42. The summed E-state index contributed by atoms with van der Waals surface area (Å²) in [5.41, 5.74) is 0. The Morgan fingerprint density at radius 3 is 1.34 bits per heavy atom. The summed E-state index contributed by atoms with van der Waals surface area (Å²) in [5.74, 6) is -0.507. The molecule has 0 aliphatic carbocycles. The molecule has 360 valence electrons. The predicted octanol–water partition coefficient (Wildman–Crippen LogP) is 15.1. The Bertz CT molecular complexity index is 1050. The molecule has 10 heteroatoms. The monoisotopic (exact) mass is 884 g/mol. The molecule has 0 fully saturated rings. The van der Waals surface area contributed by atoms with Crippen molar-refractivity contribution in [2.75, 3.05) is 26.4 Å². The van der Waals surface area contributed by atoms with E-state index in [0.29, 0.717) is 6.42 Å². The van der Waals surface area contributed by atoms with Crippen LogP contribution in [0.1, 0.15) is 258 Å². The van der Waals surface area contributed by atoms with Crippen molar-refractivity contribution in [2.24, 2.45) is 0 Å². The number of hydrogen-bond acceptors (Lipinski definition) is 7. The van der Waals surface area contributed by atoms with E-state index in [1.165, 1.54) is 186 Å². The molecule has 0 saturated heterocycles. The highest BCUT2D eigenvalue weighted by Gasteiger charge is 2.23. The Morgan fingerprint density at radius 1 is 0.508 bits per heavy atom. The Morgan fingerprint density at radius 2 is 0.885 bits per heavy atom. The number of unbranched alkanes of at least 4 members (excludes halogenated alkanes) is 32. The number of aliphatic hydroxyl groups excluding tert-OH is 1. The van der Waals surface area contributed by atoms with Crippen LogP contribution in [-0.4, -0.2) is 54.3 Å². The van der Waals surface area contributed by atoms with Crippen molar-refractivity contribution in [1.29, 1.82) is 0 Å². The van der Waals surface area contributed by atoms with Gasteiger partial charge in [-0.2, -0.15) is 0 Å². The minimum atomic E-state index is -4.42. The van der Waals surface area contributed by atoms with Gasteiger partial charge in [-0.1, -0.05) is 224 Å².